The maximum Gasteiger partial charge on any atom is 0.0156 e. The van der Waals surface area contributed by atoms with Gasteiger partial charge in [0.1, 0.15) is 0 Å². The third-order valence-corrected chi connectivity index (χ3v) is 3.62. The van der Waals surface area contributed by atoms with E-state index in [0.29, 0.717) is 11.5 Å². The van der Waals surface area contributed by atoms with E-state index in [2.05, 4.69) is 45.2 Å². The van der Waals surface area contributed by atoms with Crippen LogP contribution in [0.25, 0.3) is 0 Å². The summed E-state index contributed by atoms with van der Waals surface area (Å²) in [5.41, 5.74) is 0.466. The molecule has 1 aliphatic carbocycles. The lowest BCUT2D eigenvalue weighted by Crippen LogP contribution is -2.50. The van der Waals surface area contributed by atoms with Gasteiger partial charge in [0.15, 0.2) is 0 Å². The van der Waals surface area contributed by atoms with Gasteiger partial charge in [0.05, 0.1) is 0 Å². The molecule has 0 aromatic heterocycles. The van der Waals surface area contributed by atoms with Crippen LogP contribution < -0.4 is 5.32 Å². The Kier molecular flexibility index (Phi) is 3.96. The van der Waals surface area contributed by atoms with E-state index in [1.807, 2.05) is 0 Å². The number of hydrogen-bond donors (Lipinski definition) is 1. The minimum Gasteiger partial charge on any atom is -0.316 e. The van der Waals surface area contributed by atoms with Crippen molar-refractivity contribution in [2.45, 2.75) is 39.2 Å². The van der Waals surface area contributed by atoms with E-state index in [-0.39, 0.29) is 0 Å². The molecule has 1 N–H and O–H groups in total. The van der Waals surface area contributed by atoms with Crippen LogP contribution >= 0.6 is 0 Å². The van der Waals surface area contributed by atoms with Gasteiger partial charge in [-0.3, -0.25) is 0 Å². The first kappa shape index (κ1) is 12.0. The highest BCUT2D eigenvalue weighted by atomic mass is 15.1. The van der Waals surface area contributed by atoms with Gasteiger partial charge >= 0.3 is 0 Å². The van der Waals surface area contributed by atoms with Crippen molar-refractivity contribution in [1.29, 1.82) is 0 Å². The van der Waals surface area contributed by atoms with E-state index in [4.69, 9.17) is 0 Å². The molecule has 2 unspecified atom stereocenters. The van der Waals surface area contributed by atoms with Crippen molar-refractivity contribution in [3.05, 3.63) is 0 Å². The van der Waals surface area contributed by atoms with Crippen LogP contribution in [0, 0.1) is 11.3 Å². The quantitative estimate of drug-likeness (QED) is 0.746. The summed E-state index contributed by atoms with van der Waals surface area (Å²) in [6.07, 6.45) is 4.14. The Labute approximate surface area is 89.1 Å². The molecule has 1 fully saturated rings. The zero-order chi connectivity index (χ0) is 10.8. The summed E-state index contributed by atoms with van der Waals surface area (Å²) in [7, 11) is 6.46. The van der Waals surface area contributed by atoms with Crippen LogP contribution in [0.5, 0.6) is 0 Å². The fourth-order valence-electron chi connectivity index (χ4n) is 3.07. The SMILES string of the molecule is CNC1C(CN(C)C)CCCC1(C)C. The van der Waals surface area contributed by atoms with Crippen LogP contribution in [0.4, 0.5) is 0 Å². The highest BCUT2D eigenvalue weighted by molar-refractivity contribution is 4.93. The molecule has 0 aliphatic heterocycles. The van der Waals surface area contributed by atoms with Gasteiger partial charge < -0.3 is 10.2 Å². The summed E-state index contributed by atoms with van der Waals surface area (Å²) in [6.45, 7) is 6.01. The van der Waals surface area contributed by atoms with Crippen molar-refractivity contribution >= 4 is 0 Å². The summed E-state index contributed by atoms with van der Waals surface area (Å²) in [6, 6.07) is 0.679. The number of hydrogen-bond acceptors (Lipinski definition) is 2. The Morgan fingerprint density at radius 3 is 2.50 bits per heavy atom. The van der Waals surface area contributed by atoms with Crippen molar-refractivity contribution in [3.63, 3.8) is 0 Å². The molecule has 0 heterocycles. The normalized spacial score (nSPS) is 32.1. The monoisotopic (exact) mass is 198 g/mol. The van der Waals surface area contributed by atoms with E-state index >= 15 is 0 Å². The van der Waals surface area contributed by atoms with Crippen molar-refractivity contribution in [2.75, 3.05) is 27.7 Å². The molecular weight excluding hydrogens is 172 g/mol. The van der Waals surface area contributed by atoms with Crippen molar-refractivity contribution in [1.82, 2.24) is 10.2 Å². The fourth-order valence-corrected chi connectivity index (χ4v) is 3.07. The average molecular weight is 198 g/mol. The minimum absolute atomic E-state index is 0.466. The standard InChI is InChI=1S/C12H26N2/c1-12(2)8-6-7-10(9-14(4)5)11(12)13-3/h10-11,13H,6-9H2,1-5H3. The largest absolute Gasteiger partial charge is 0.316 e. The molecule has 0 aromatic rings. The second-order valence-corrected chi connectivity index (χ2v) is 5.67. The van der Waals surface area contributed by atoms with E-state index < -0.39 is 0 Å². The van der Waals surface area contributed by atoms with Gasteiger partial charge in [-0.1, -0.05) is 20.3 Å². The van der Waals surface area contributed by atoms with Gasteiger partial charge in [0.25, 0.3) is 0 Å². The highest BCUT2D eigenvalue weighted by Gasteiger charge is 2.37. The zero-order valence-corrected chi connectivity index (χ0v) is 10.4. The summed E-state index contributed by atoms with van der Waals surface area (Å²) in [5.74, 6) is 0.818. The van der Waals surface area contributed by atoms with Crippen molar-refractivity contribution in [2.24, 2.45) is 11.3 Å². The molecule has 0 saturated heterocycles. The van der Waals surface area contributed by atoms with Gasteiger partial charge in [-0.05, 0) is 45.3 Å². The van der Waals surface area contributed by atoms with Crippen LogP contribution in [0.15, 0.2) is 0 Å². The Morgan fingerprint density at radius 2 is 2.00 bits per heavy atom. The van der Waals surface area contributed by atoms with E-state index in [9.17, 15) is 0 Å². The molecule has 14 heavy (non-hydrogen) atoms. The van der Waals surface area contributed by atoms with Crippen LogP contribution in [-0.2, 0) is 0 Å². The van der Waals surface area contributed by atoms with E-state index in [0.717, 1.165) is 5.92 Å². The molecule has 0 aromatic carbocycles. The lowest BCUT2D eigenvalue weighted by Gasteiger charge is -2.44. The molecule has 84 valence electrons. The molecule has 0 radical (unpaired) electrons. The second-order valence-electron chi connectivity index (χ2n) is 5.67. The number of nitrogens with zero attached hydrogens (tertiary/aromatic N) is 1. The van der Waals surface area contributed by atoms with Gasteiger partial charge in [-0.2, -0.15) is 0 Å². The molecule has 0 spiro atoms. The zero-order valence-electron chi connectivity index (χ0n) is 10.4. The Morgan fingerprint density at radius 1 is 1.36 bits per heavy atom. The lowest BCUT2D eigenvalue weighted by atomic mass is 9.68. The minimum atomic E-state index is 0.466. The maximum atomic E-state index is 3.52. The van der Waals surface area contributed by atoms with Crippen LogP contribution in [0.2, 0.25) is 0 Å². The maximum absolute atomic E-state index is 3.52. The Hall–Kier alpha value is -0.0800. The van der Waals surface area contributed by atoms with Crippen LogP contribution in [0.3, 0.4) is 0 Å². The number of nitrogens with one attached hydrogen (secondary N) is 1. The topological polar surface area (TPSA) is 15.3 Å². The molecule has 2 heteroatoms. The van der Waals surface area contributed by atoms with E-state index in [1.54, 1.807) is 0 Å². The first-order chi connectivity index (χ1) is 6.47. The van der Waals surface area contributed by atoms with E-state index in [1.165, 1.54) is 25.8 Å². The van der Waals surface area contributed by atoms with Gasteiger partial charge in [0.2, 0.25) is 0 Å². The predicted molar refractivity (Wildman–Crippen MR) is 62.5 cm³/mol. The molecule has 1 aliphatic rings. The lowest BCUT2D eigenvalue weighted by molar-refractivity contribution is 0.0960. The third-order valence-electron chi connectivity index (χ3n) is 3.62. The predicted octanol–water partition coefficient (Wildman–Crippen LogP) is 1.96. The summed E-state index contributed by atoms with van der Waals surface area (Å²) in [5, 5.41) is 3.52. The van der Waals surface area contributed by atoms with Crippen molar-refractivity contribution in [3.8, 4) is 0 Å². The first-order valence-electron chi connectivity index (χ1n) is 5.79. The Balaban J connectivity index is 2.64. The summed E-state index contributed by atoms with van der Waals surface area (Å²) >= 11 is 0. The van der Waals surface area contributed by atoms with Crippen LogP contribution in [-0.4, -0.2) is 38.6 Å². The smallest absolute Gasteiger partial charge is 0.0156 e. The first-order valence-corrected chi connectivity index (χ1v) is 5.79. The van der Waals surface area contributed by atoms with Gasteiger partial charge in [-0.25, -0.2) is 0 Å². The fraction of sp³-hybridized carbons (Fsp3) is 1.00. The highest BCUT2D eigenvalue weighted by Crippen LogP contribution is 2.38. The third kappa shape index (κ3) is 2.71. The average Bonchev–Trinajstić information content (AvgIpc) is 2.01. The van der Waals surface area contributed by atoms with Gasteiger partial charge in [0, 0.05) is 12.6 Å². The van der Waals surface area contributed by atoms with Crippen LogP contribution in [0.1, 0.15) is 33.1 Å². The van der Waals surface area contributed by atoms with Crippen molar-refractivity contribution < 1.29 is 0 Å². The molecule has 1 saturated carbocycles. The molecule has 2 nitrogen and oxygen atoms in total. The van der Waals surface area contributed by atoms with Gasteiger partial charge in [-0.15, -0.1) is 0 Å². The Bertz CT molecular complexity index is 175. The molecule has 1 rings (SSSR count). The molecule has 2 atom stereocenters. The molecule has 0 bridgehead atoms. The summed E-state index contributed by atoms with van der Waals surface area (Å²) < 4.78 is 0. The summed E-state index contributed by atoms with van der Waals surface area (Å²) in [4.78, 5) is 2.32. The molecule has 0 amide bonds. The molecular formula is C12H26N2. The number of rotatable bonds is 3. The second kappa shape index (κ2) is 4.63.